The van der Waals surface area contributed by atoms with Gasteiger partial charge < -0.3 is 0 Å². The Morgan fingerprint density at radius 3 is 2.38 bits per heavy atom. The van der Waals surface area contributed by atoms with Crippen LogP contribution >= 0.6 is 0 Å². The van der Waals surface area contributed by atoms with E-state index in [9.17, 15) is 8.42 Å². The summed E-state index contributed by atoms with van der Waals surface area (Å²) in [4.78, 5) is 0. The summed E-state index contributed by atoms with van der Waals surface area (Å²) in [6.45, 7) is 0. The van der Waals surface area contributed by atoms with Crippen LogP contribution in [0.5, 0.6) is 0 Å². The van der Waals surface area contributed by atoms with Gasteiger partial charge in [-0.05, 0) is 18.4 Å². The zero-order chi connectivity index (χ0) is 9.73. The van der Waals surface area contributed by atoms with Gasteiger partial charge >= 0.3 is 0 Å². The fourth-order valence-electron chi connectivity index (χ4n) is 0.964. The van der Waals surface area contributed by atoms with Crippen LogP contribution in [0.3, 0.4) is 0 Å². The topological polar surface area (TPSA) is 54.4 Å². The van der Waals surface area contributed by atoms with Gasteiger partial charge in [0.05, 0.1) is 5.75 Å². The lowest BCUT2D eigenvalue weighted by Crippen LogP contribution is -2.03. The normalized spacial score (nSPS) is 11.5. The van der Waals surface area contributed by atoms with Crippen molar-refractivity contribution in [2.75, 3.05) is 5.75 Å². The first-order valence-electron chi connectivity index (χ1n) is 3.91. The molecule has 0 amide bonds. The van der Waals surface area contributed by atoms with Crippen molar-refractivity contribution < 1.29 is 13.0 Å². The maximum Gasteiger partial charge on any atom is 0.264 e. The van der Waals surface area contributed by atoms with Gasteiger partial charge in [-0.25, -0.2) is 0 Å². The van der Waals surface area contributed by atoms with Crippen LogP contribution in [0.2, 0.25) is 0 Å². The Morgan fingerprint density at radius 2 is 1.85 bits per heavy atom. The Bertz CT molecular complexity index is 342. The van der Waals surface area contributed by atoms with Crippen LogP contribution in [0, 0.1) is 6.42 Å². The number of benzene rings is 1. The maximum absolute atomic E-state index is 10.4. The minimum absolute atomic E-state index is 0.220. The second-order valence-electron chi connectivity index (χ2n) is 2.69. The Hall–Kier alpha value is -0.870. The molecule has 1 aromatic rings. The molecule has 0 aliphatic rings. The molecule has 0 aromatic heterocycles. The third-order valence-corrected chi connectivity index (χ3v) is 2.31. The number of rotatable bonds is 4. The second-order valence-corrected chi connectivity index (χ2v) is 4.26. The monoisotopic (exact) mass is 199 g/mol. The standard InChI is InChI=1S/C9H11O3S/c10-13(11,12)8-4-7-9-5-2-1-3-6-9/h1-3,5-7H,4,8H2,(H,10,11,12). The molecule has 0 heterocycles. The molecular formula is C9H11O3S. The van der Waals surface area contributed by atoms with Gasteiger partial charge in [0, 0.05) is 0 Å². The average Bonchev–Trinajstić information content (AvgIpc) is 2.04. The van der Waals surface area contributed by atoms with E-state index in [2.05, 4.69) is 0 Å². The van der Waals surface area contributed by atoms with Crippen molar-refractivity contribution >= 4 is 10.1 Å². The molecule has 0 atom stereocenters. The van der Waals surface area contributed by atoms with Crippen LogP contribution in [0.15, 0.2) is 30.3 Å². The van der Waals surface area contributed by atoms with E-state index in [1.807, 2.05) is 30.3 Å². The quantitative estimate of drug-likeness (QED) is 0.748. The smallest absolute Gasteiger partial charge is 0.264 e. The highest BCUT2D eigenvalue weighted by Crippen LogP contribution is 2.05. The molecule has 0 bridgehead atoms. The molecule has 0 saturated heterocycles. The van der Waals surface area contributed by atoms with Crippen molar-refractivity contribution in [3.63, 3.8) is 0 Å². The summed E-state index contributed by atoms with van der Waals surface area (Å²) in [5.41, 5.74) is 0.964. The minimum Gasteiger partial charge on any atom is -0.286 e. The predicted octanol–water partition coefficient (Wildman–Crippen LogP) is 1.52. The molecule has 1 radical (unpaired) electrons. The van der Waals surface area contributed by atoms with Gasteiger partial charge in [-0.3, -0.25) is 4.55 Å². The molecule has 3 nitrogen and oxygen atoms in total. The van der Waals surface area contributed by atoms with Crippen LogP contribution in [0.1, 0.15) is 12.0 Å². The van der Waals surface area contributed by atoms with Crippen molar-refractivity contribution in [3.8, 4) is 0 Å². The van der Waals surface area contributed by atoms with Crippen molar-refractivity contribution in [1.29, 1.82) is 0 Å². The van der Waals surface area contributed by atoms with E-state index >= 15 is 0 Å². The van der Waals surface area contributed by atoms with Crippen LogP contribution < -0.4 is 0 Å². The maximum atomic E-state index is 10.4. The SMILES string of the molecule is O=S(=O)(O)CC[CH]c1ccccc1. The first kappa shape index (κ1) is 10.2. The molecule has 71 valence electrons. The predicted molar refractivity (Wildman–Crippen MR) is 50.9 cm³/mol. The Labute approximate surface area is 78.2 Å². The molecule has 0 spiro atoms. The minimum atomic E-state index is -3.83. The highest BCUT2D eigenvalue weighted by Gasteiger charge is 2.03. The molecule has 0 aliphatic heterocycles. The summed E-state index contributed by atoms with van der Waals surface area (Å²) < 4.78 is 29.2. The Kier molecular flexibility index (Phi) is 3.45. The molecule has 0 unspecified atom stereocenters. The second kappa shape index (κ2) is 4.39. The fourth-order valence-corrected chi connectivity index (χ4v) is 1.38. The molecule has 1 aromatic carbocycles. The van der Waals surface area contributed by atoms with Crippen LogP contribution in [0.25, 0.3) is 0 Å². The highest BCUT2D eigenvalue weighted by atomic mass is 32.2. The molecule has 0 aliphatic carbocycles. The van der Waals surface area contributed by atoms with Crippen LogP contribution in [-0.2, 0) is 10.1 Å². The molecule has 1 rings (SSSR count). The van der Waals surface area contributed by atoms with Crippen molar-refractivity contribution in [2.24, 2.45) is 0 Å². The zero-order valence-corrected chi connectivity index (χ0v) is 7.87. The van der Waals surface area contributed by atoms with E-state index < -0.39 is 10.1 Å². The van der Waals surface area contributed by atoms with Gasteiger partial charge in [0.1, 0.15) is 0 Å². The molecule has 1 N–H and O–H groups in total. The van der Waals surface area contributed by atoms with E-state index in [0.29, 0.717) is 6.42 Å². The van der Waals surface area contributed by atoms with E-state index in [1.54, 1.807) is 6.42 Å². The summed E-state index contributed by atoms with van der Waals surface area (Å²) >= 11 is 0. The van der Waals surface area contributed by atoms with E-state index in [-0.39, 0.29) is 5.75 Å². The largest absolute Gasteiger partial charge is 0.286 e. The zero-order valence-electron chi connectivity index (χ0n) is 7.05. The highest BCUT2D eigenvalue weighted by molar-refractivity contribution is 7.85. The van der Waals surface area contributed by atoms with Crippen LogP contribution in [-0.4, -0.2) is 18.7 Å². The lowest BCUT2D eigenvalue weighted by molar-refractivity contribution is 0.482. The number of hydrogen-bond acceptors (Lipinski definition) is 2. The third kappa shape index (κ3) is 4.65. The van der Waals surface area contributed by atoms with Crippen molar-refractivity contribution in [3.05, 3.63) is 42.3 Å². The van der Waals surface area contributed by atoms with Gasteiger partial charge in [-0.1, -0.05) is 30.3 Å². The van der Waals surface area contributed by atoms with Crippen molar-refractivity contribution in [1.82, 2.24) is 0 Å². The van der Waals surface area contributed by atoms with E-state index in [1.165, 1.54) is 0 Å². The summed E-state index contributed by atoms with van der Waals surface area (Å²) in [6, 6.07) is 9.40. The van der Waals surface area contributed by atoms with Gasteiger partial charge in [0.25, 0.3) is 10.1 Å². The van der Waals surface area contributed by atoms with Crippen molar-refractivity contribution in [2.45, 2.75) is 6.42 Å². The Balaban J connectivity index is 2.37. The molecule has 13 heavy (non-hydrogen) atoms. The van der Waals surface area contributed by atoms with Crippen LogP contribution in [0.4, 0.5) is 0 Å². The summed E-state index contributed by atoms with van der Waals surface area (Å²) in [7, 11) is -3.83. The van der Waals surface area contributed by atoms with Gasteiger partial charge in [-0.15, -0.1) is 0 Å². The first-order chi connectivity index (χ1) is 6.08. The molecule has 0 saturated carbocycles. The first-order valence-corrected chi connectivity index (χ1v) is 5.52. The lowest BCUT2D eigenvalue weighted by atomic mass is 10.1. The van der Waals surface area contributed by atoms with Gasteiger partial charge in [-0.2, -0.15) is 8.42 Å². The third-order valence-electron chi connectivity index (χ3n) is 1.56. The van der Waals surface area contributed by atoms with Gasteiger partial charge in [0.15, 0.2) is 0 Å². The Morgan fingerprint density at radius 1 is 1.23 bits per heavy atom. The molecule has 4 heteroatoms. The summed E-state index contributed by atoms with van der Waals surface area (Å²) in [5, 5.41) is 0. The molecular weight excluding hydrogens is 188 g/mol. The average molecular weight is 199 g/mol. The summed E-state index contributed by atoms with van der Waals surface area (Å²) in [6.07, 6.45) is 2.11. The van der Waals surface area contributed by atoms with E-state index in [4.69, 9.17) is 4.55 Å². The molecule has 0 fully saturated rings. The lowest BCUT2D eigenvalue weighted by Gasteiger charge is -1.98. The van der Waals surface area contributed by atoms with Gasteiger partial charge in [0.2, 0.25) is 0 Å². The number of hydrogen-bond donors (Lipinski definition) is 1. The van der Waals surface area contributed by atoms with E-state index in [0.717, 1.165) is 5.56 Å². The summed E-state index contributed by atoms with van der Waals surface area (Å²) in [5.74, 6) is -0.220. The fraction of sp³-hybridized carbons (Fsp3) is 0.222.